The smallest absolute Gasteiger partial charge is 0.192 e. The third-order valence-corrected chi connectivity index (χ3v) is 3.34. The number of guanidine groups is 1. The maximum atomic E-state index is 5.95. The molecule has 4 nitrogen and oxygen atoms in total. The number of nitrogens with zero attached hydrogens (tertiary/aromatic N) is 2. The number of benzene rings is 1. The summed E-state index contributed by atoms with van der Waals surface area (Å²) in [5, 5.41) is 0. The number of nitrogens with two attached hydrogens (primary N) is 1. The van der Waals surface area contributed by atoms with Crippen molar-refractivity contribution < 1.29 is 4.74 Å². The van der Waals surface area contributed by atoms with Gasteiger partial charge >= 0.3 is 0 Å². The van der Waals surface area contributed by atoms with Gasteiger partial charge in [-0.3, -0.25) is 4.99 Å². The second kappa shape index (κ2) is 4.75. The Hall–Kier alpha value is -1.55. The first kappa shape index (κ1) is 11.9. The molecule has 0 aromatic heterocycles. The molecule has 17 heavy (non-hydrogen) atoms. The minimum atomic E-state index is -0.149. The molecule has 1 aromatic rings. The second-order valence-electron chi connectivity index (χ2n) is 4.46. The van der Waals surface area contributed by atoms with Crippen LogP contribution in [0.15, 0.2) is 35.3 Å². The van der Waals surface area contributed by atoms with Crippen molar-refractivity contribution in [3.8, 4) is 0 Å². The topological polar surface area (TPSA) is 50.9 Å². The van der Waals surface area contributed by atoms with Crippen molar-refractivity contribution >= 4 is 5.96 Å². The van der Waals surface area contributed by atoms with E-state index < -0.39 is 0 Å². The van der Waals surface area contributed by atoms with Gasteiger partial charge in [0.15, 0.2) is 5.96 Å². The van der Waals surface area contributed by atoms with Gasteiger partial charge < -0.3 is 15.4 Å². The standard InChI is InChI=1S/C13H19N3O/c1-13(11-6-4-3-5-7-11)10-15-12(14)16(13)8-9-17-2/h3-7H,8-10H2,1-2H3,(H2,14,15). The van der Waals surface area contributed by atoms with Gasteiger partial charge in [-0.1, -0.05) is 30.3 Å². The van der Waals surface area contributed by atoms with Crippen LogP contribution in [0.2, 0.25) is 0 Å². The summed E-state index contributed by atoms with van der Waals surface area (Å²) in [4.78, 5) is 6.48. The molecule has 2 N–H and O–H groups in total. The molecule has 0 saturated carbocycles. The Labute approximate surface area is 102 Å². The molecule has 1 atom stereocenters. The summed E-state index contributed by atoms with van der Waals surface area (Å²) >= 11 is 0. The Kier molecular flexibility index (Phi) is 3.33. The number of hydrogen-bond acceptors (Lipinski definition) is 4. The largest absolute Gasteiger partial charge is 0.383 e. The highest BCUT2D eigenvalue weighted by atomic mass is 16.5. The van der Waals surface area contributed by atoms with Gasteiger partial charge in [-0.05, 0) is 12.5 Å². The summed E-state index contributed by atoms with van der Waals surface area (Å²) in [5.41, 5.74) is 7.04. The van der Waals surface area contributed by atoms with Crippen molar-refractivity contribution in [3.63, 3.8) is 0 Å². The van der Waals surface area contributed by atoms with E-state index in [2.05, 4.69) is 28.9 Å². The predicted octanol–water partition coefficient (Wildman–Crippen LogP) is 1.18. The number of aliphatic imine (C=N–C) groups is 1. The molecule has 2 rings (SSSR count). The van der Waals surface area contributed by atoms with Gasteiger partial charge in [0.25, 0.3) is 0 Å². The molecule has 0 spiro atoms. The van der Waals surface area contributed by atoms with E-state index in [0.29, 0.717) is 19.1 Å². The zero-order chi connectivity index (χ0) is 12.3. The molecular formula is C13H19N3O. The van der Waals surface area contributed by atoms with Crippen LogP contribution in [-0.2, 0) is 10.3 Å². The molecule has 92 valence electrons. The minimum Gasteiger partial charge on any atom is -0.383 e. The average Bonchev–Trinajstić information content (AvgIpc) is 2.65. The third-order valence-electron chi connectivity index (χ3n) is 3.34. The summed E-state index contributed by atoms with van der Waals surface area (Å²) in [6.07, 6.45) is 0. The molecule has 0 bridgehead atoms. The van der Waals surface area contributed by atoms with Gasteiger partial charge in [0.2, 0.25) is 0 Å². The lowest BCUT2D eigenvalue weighted by Gasteiger charge is -2.36. The van der Waals surface area contributed by atoms with Crippen LogP contribution in [0.3, 0.4) is 0 Å². The Morgan fingerprint density at radius 3 is 2.76 bits per heavy atom. The van der Waals surface area contributed by atoms with Crippen LogP contribution < -0.4 is 5.73 Å². The van der Waals surface area contributed by atoms with Crippen molar-refractivity contribution in [1.29, 1.82) is 0 Å². The van der Waals surface area contributed by atoms with Crippen LogP contribution in [0, 0.1) is 0 Å². The zero-order valence-electron chi connectivity index (χ0n) is 10.4. The first-order valence-electron chi connectivity index (χ1n) is 5.80. The number of methoxy groups -OCH3 is 1. The Morgan fingerprint density at radius 1 is 1.41 bits per heavy atom. The number of ether oxygens (including phenoxy) is 1. The van der Waals surface area contributed by atoms with Gasteiger partial charge in [0.05, 0.1) is 18.7 Å². The molecule has 1 aromatic carbocycles. The highest BCUT2D eigenvalue weighted by Crippen LogP contribution is 2.31. The molecule has 0 fully saturated rings. The maximum Gasteiger partial charge on any atom is 0.192 e. The molecule has 0 amide bonds. The van der Waals surface area contributed by atoms with Crippen LogP contribution in [0.1, 0.15) is 12.5 Å². The van der Waals surface area contributed by atoms with Crippen LogP contribution >= 0.6 is 0 Å². The second-order valence-corrected chi connectivity index (χ2v) is 4.46. The molecule has 0 saturated heterocycles. The van der Waals surface area contributed by atoms with E-state index in [-0.39, 0.29) is 5.54 Å². The maximum absolute atomic E-state index is 5.95. The van der Waals surface area contributed by atoms with E-state index in [9.17, 15) is 0 Å². The molecule has 0 aliphatic carbocycles. The van der Waals surface area contributed by atoms with E-state index >= 15 is 0 Å². The number of hydrogen-bond donors (Lipinski definition) is 1. The van der Waals surface area contributed by atoms with Crippen LogP contribution in [0.25, 0.3) is 0 Å². The highest BCUT2D eigenvalue weighted by molar-refractivity contribution is 5.81. The first-order chi connectivity index (χ1) is 8.18. The summed E-state index contributed by atoms with van der Waals surface area (Å²) in [6, 6.07) is 10.3. The van der Waals surface area contributed by atoms with Gasteiger partial charge in [-0.2, -0.15) is 0 Å². The molecule has 1 heterocycles. The zero-order valence-corrected chi connectivity index (χ0v) is 10.4. The molecule has 0 radical (unpaired) electrons. The fraction of sp³-hybridized carbons (Fsp3) is 0.462. The Bertz CT molecular complexity index is 404. The van der Waals surface area contributed by atoms with Crippen molar-refractivity contribution in [1.82, 2.24) is 4.90 Å². The van der Waals surface area contributed by atoms with Crippen LogP contribution in [0.4, 0.5) is 0 Å². The van der Waals surface area contributed by atoms with Gasteiger partial charge in [-0.15, -0.1) is 0 Å². The molecule has 4 heteroatoms. The van der Waals surface area contributed by atoms with Gasteiger partial charge in [0.1, 0.15) is 0 Å². The number of rotatable bonds is 4. The molecule has 1 aliphatic rings. The van der Waals surface area contributed by atoms with E-state index in [4.69, 9.17) is 10.5 Å². The molecular weight excluding hydrogens is 214 g/mol. The van der Waals surface area contributed by atoms with Crippen molar-refractivity contribution in [3.05, 3.63) is 35.9 Å². The minimum absolute atomic E-state index is 0.149. The van der Waals surface area contributed by atoms with Gasteiger partial charge in [-0.25, -0.2) is 0 Å². The van der Waals surface area contributed by atoms with Gasteiger partial charge in [0, 0.05) is 13.7 Å². The van der Waals surface area contributed by atoms with Crippen LogP contribution in [0.5, 0.6) is 0 Å². The quantitative estimate of drug-likeness (QED) is 0.849. The van der Waals surface area contributed by atoms with Crippen molar-refractivity contribution in [2.45, 2.75) is 12.5 Å². The van der Waals surface area contributed by atoms with E-state index in [0.717, 1.165) is 6.54 Å². The predicted molar refractivity (Wildman–Crippen MR) is 68.9 cm³/mol. The Morgan fingerprint density at radius 2 is 2.12 bits per heavy atom. The van der Waals surface area contributed by atoms with E-state index in [1.165, 1.54) is 5.56 Å². The van der Waals surface area contributed by atoms with E-state index in [1.807, 2.05) is 18.2 Å². The van der Waals surface area contributed by atoms with Crippen molar-refractivity contribution in [2.75, 3.05) is 26.8 Å². The molecule has 1 aliphatic heterocycles. The highest BCUT2D eigenvalue weighted by Gasteiger charge is 2.38. The molecule has 1 unspecified atom stereocenters. The average molecular weight is 233 g/mol. The monoisotopic (exact) mass is 233 g/mol. The first-order valence-corrected chi connectivity index (χ1v) is 5.80. The van der Waals surface area contributed by atoms with Crippen molar-refractivity contribution in [2.24, 2.45) is 10.7 Å². The fourth-order valence-electron chi connectivity index (χ4n) is 2.25. The SMILES string of the molecule is COCCN1C(N)=NCC1(C)c1ccccc1. The Balaban J connectivity index is 2.25. The lowest BCUT2D eigenvalue weighted by atomic mass is 9.91. The van der Waals surface area contributed by atoms with E-state index in [1.54, 1.807) is 7.11 Å². The summed E-state index contributed by atoms with van der Waals surface area (Å²) in [6.45, 7) is 4.28. The summed E-state index contributed by atoms with van der Waals surface area (Å²) in [5.74, 6) is 0.605. The fourth-order valence-corrected chi connectivity index (χ4v) is 2.25. The lowest BCUT2D eigenvalue weighted by molar-refractivity contribution is 0.137. The normalized spacial score (nSPS) is 23.9. The summed E-state index contributed by atoms with van der Waals surface area (Å²) in [7, 11) is 1.70. The third kappa shape index (κ3) is 2.13. The summed E-state index contributed by atoms with van der Waals surface area (Å²) < 4.78 is 5.13. The lowest BCUT2D eigenvalue weighted by Crippen LogP contribution is -2.48. The van der Waals surface area contributed by atoms with Crippen LogP contribution in [-0.4, -0.2) is 37.7 Å².